The van der Waals surface area contributed by atoms with Crippen LogP contribution in [0.1, 0.15) is 16.8 Å². The molecule has 1 aromatic heterocycles. The van der Waals surface area contributed by atoms with Gasteiger partial charge in [0.15, 0.2) is 11.6 Å². The van der Waals surface area contributed by atoms with Gasteiger partial charge in [-0.05, 0) is 30.2 Å². The Morgan fingerprint density at radius 1 is 1.19 bits per heavy atom. The summed E-state index contributed by atoms with van der Waals surface area (Å²) < 4.78 is 10.4. The van der Waals surface area contributed by atoms with Gasteiger partial charge in [-0.2, -0.15) is 0 Å². The van der Waals surface area contributed by atoms with E-state index in [1.807, 2.05) is 37.3 Å². The van der Waals surface area contributed by atoms with Crippen molar-refractivity contribution in [1.29, 1.82) is 0 Å². The fourth-order valence-corrected chi connectivity index (χ4v) is 1.94. The summed E-state index contributed by atoms with van der Waals surface area (Å²) in [6.07, 6.45) is 0.220. The molecule has 0 saturated heterocycles. The Hall–Kier alpha value is -2.56. The fourth-order valence-electron chi connectivity index (χ4n) is 1.94. The maximum absolute atomic E-state index is 11.4. The zero-order valence-electron chi connectivity index (χ0n) is 12.1. The summed E-state index contributed by atoms with van der Waals surface area (Å²) in [7, 11) is 1.38. The molecule has 1 aromatic carbocycles. The van der Waals surface area contributed by atoms with Gasteiger partial charge in [-0.15, -0.1) is 0 Å². The first-order valence-corrected chi connectivity index (χ1v) is 6.59. The summed E-state index contributed by atoms with van der Waals surface area (Å²) >= 11 is 0. The van der Waals surface area contributed by atoms with Gasteiger partial charge < -0.3 is 15.2 Å². The van der Waals surface area contributed by atoms with Gasteiger partial charge in [0.05, 0.1) is 13.5 Å². The molecule has 0 aliphatic heterocycles. The molecule has 0 aliphatic carbocycles. The largest absolute Gasteiger partial charge is 0.485 e. The first-order chi connectivity index (χ1) is 10.1. The van der Waals surface area contributed by atoms with E-state index < -0.39 is 0 Å². The molecule has 0 saturated carbocycles. The molecule has 0 radical (unpaired) electrons. The Kier molecular flexibility index (Phi) is 4.77. The number of aromatic nitrogens is 1. The molecule has 0 fully saturated rings. The van der Waals surface area contributed by atoms with Gasteiger partial charge >= 0.3 is 5.97 Å². The Morgan fingerprint density at radius 3 is 2.57 bits per heavy atom. The first kappa shape index (κ1) is 14.8. The lowest BCUT2D eigenvalue weighted by atomic mass is 10.1. The number of nitrogens with two attached hydrogens (primary N) is 1. The second-order valence-electron chi connectivity index (χ2n) is 4.65. The maximum atomic E-state index is 11.4. The van der Waals surface area contributed by atoms with Crippen molar-refractivity contribution in [3.8, 4) is 5.75 Å². The predicted octanol–water partition coefficient (Wildman–Crippen LogP) is 2.27. The average molecular weight is 286 g/mol. The van der Waals surface area contributed by atoms with Crippen LogP contribution >= 0.6 is 0 Å². The smallest absolute Gasteiger partial charge is 0.309 e. The number of pyridine rings is 1. The lowest BCUT2D eigenvalue weighted by Crippen LogP contribution is -2.09. The topological polar surface area (TPSA) is 74.4 Å². The number of hydrogen-bond acceptors (Lipinski definition) is 5. The summed E-state index contributed by atoms with van der Waals surface area (Å²) in [5, 5.41) is 0. The number of nitrogens with zero attached hydrogens (tertiary/aromatic N) is 1. The lowest BCUT2D eigenvalue weighted by Gasteiger charge is -2.11. The van der Waals surface area contributed by atoms with Gasteiger partial charge in [0.1, 0.15) is 6.61 Å². The summed E-state index contributed by atoms with van der Waals surface area (Å²) in [5.74, 6) is 0.618. The Balaban J connectivity index is 2.11. The minimum atomic E-state index is -0.279. The molecule has 0 atom stereocenters. The van der Waals surface area contributed by atoms with Crippen molar-refractivity contribution in [3.05, 3.63) is 53.2 Å². The summed E-state index contributed by atoms with van der Waals surface area (Å²) in [6, 6.07) is 11.2. The van der Waals surface area contributed by atoms with E-state index in [-0.39, 0.29) is 12.4 Å². The predicted molar refractivity (Wildman–Crippen MR) is 79.9 cm³/mol. The number of aryl methyl sites for hydroxylation is 1. The minimum Gasteiger partial charge on any atom is -0.485 e. The molecule has 110 valence electrons. The quantitative estimate of drug-likeness (QED) is 0.853. The summed E-state index contributed by atoms with van der Waals surface area (Å²) in [5.41, 5.74) is 8.45. The van der Waals surface area contributed by atoms with Crippen molar-refractivity contribution >= 4 is 11.8 Å². The Bertz CT molecular complexity index is 641. The zero-order chi connectivity index (χ0) is 15.2. The number of methoxy groups -OCH3 is 1. The van der Waals surface area contributed by atoms with Crippen molar-refractivity contribution in [2.24, 2.45) is 0 Å². The number of rotatable bonds is 5. The van der Waals surface area contributed by atoms with Crippen LogP contribution < -0.4 is 10.5 Å². The maximum Gasteiger partial charge on any atom is 0.309 e. The summed E-state index contributed by atoms with van der Waals surface area (Å²) in [4.78, 5) is 15.6. The van der Waals surface area contributed by atoms with Gasteiger partial charge in [-0.25, -0.2) is 4.98 Å². The third-order valence-corrected chi connectivity index (χ3v) is 3.09. The number of esters is 1. The first-order valence-electron chi connectivity index (χ1n) is 6.59. The second kappa shape index (κ2) is 6.74. The number of ether oxygens (including phenoxy) is 2. The molecule has 2 aromatic rings. The molecular weight excluding hydrogens is 268 g/mol. The molecule has 0 spiro atoms. The molecule has 1 heterocycles. The van der Waals surface area contributed by atoms with Crippen LogP contribution in [0.25, 0.3) is 0 Å². The van der Waals surface area contributed by atoms with Gasteiger partial charge in [0.25, 0.3) is 0 Å². The highest BCUT2D eigenvalue weighted by atomic mass is 16.5. The SMILES string of the molecule is COC(=O)Cc1ccccc1COc1ccc(C)nc1N. The van der Waals surface area contributed by atoms with E-state index in [0.29, 0.717) is 18.2 Å². The Labute approximate surface area is 123 Å². The van der Waals surface area contributed by atoms with E-state index in [4.69, 9.17) is 15.2 Å². The molecule has 0 aliphatic rings. The van der Waals surface area contributed by atoms with E-state index in [1.54, 1.807) is 6.07 Å². The number of anilines is 1. The van der Waals surface area contributed by atoms with Crippen molar-refractivity contribution < 1.29 is 14.3 Å². The third kappa shape index (κ3) is 3.95. The van der Waals surface area contributed by atoms with Crippen molar-refractivity contribution in [2.45, 2.75) is 20.0 Å². The van der Waals surface area contributed by atoms with Crippen molar-refractivity contribution in [3.63, 3.8) is 0 Å². The normalized spacial score (nSPS) is 10.2. The van der Waals surface area contributed by atoms with Gasteiger partial charge in [-0.1, -0.05) is 24.3 Å². The van der Waals surface area contributed by atoms with Crippen molar-refractivity contribution in [1.82, 2.24) is 4.98 Å². The molecular formula is C16H18N2O3. The van der Waals surface area contributed by atoms with Crippen LogP contribution in [-0.2, 0) is 22.6 Å². The molecule has 5 nitrogen and oxygen atoms in total. The lowest BCUT2D eigenvalue weighted by molar-refractivity contribution is -0.139. The van der Waals surface area contributed by atoms with Crippen LogP contribution in [0, 0.1) is 6.92 Å². The molecule has 2 rings (SSSR count). The van der Waals surface area contributed by atoms with Crippen LogP contribution in [0.5, 0.6) is 5.75 Å². The molecule has 5 heteroatoms. The highest BCUT2D eigenvalue weighted by molar-refractivity contribution is 5.72. The number of nitrogen functional groups attached to an aromatic ring is 1. The highest BCUT2D eigenvalue weighted by Gasteiger charge is 2.09. The fraction of sp³-hybridized carbons (Fsp3) is 0.250. The molecule has 2 N–H and O–H groups in total. The van der Waals surface area contributed by atoms with E-state index in [9.17, 15) is 4.79 Å². The van der Waals surface area contributed by atoms with Crippen LogP contribution in [0.4, 0.5) is 5.82 Å². The minimum absolute atomic E-state index is 0.220. The van der Waals surface area contributed by atoms with Crippen LogP contribution in [0.15, 0.2) is 36.4 Å². The highest BCUT2D eigenvalue weighted by Crippen LogP contribution is 2.21. The van der Waals surface area contributed by atoms with E-state index in [1.165, 1.54) is 7.11 Å². The summed E-state index contributed by atoms with van der Waals surface area (Å²) in [6.45, 7) is 2.19. The van der Waals surface area contributed by atoms with E-state index in [0.717, 1.165) is 16.8 Å². The van der Waals surface area contributed by atoms with Gasteiger partial charge in [0.2, 0.25) is 0 Å². The standard InChI is InChI=1S/C16H18N2O3/c1-11-7-8-14(16(17)18-11)21-10-13-6-4-3-5-12(13)9-15(19)20-2/h3-8H,9-10H2,1-2H3,(H2,17,18). The number of benzene rings is 1. The second-order valence-corrected chi connectivity index (χ2v) is 4.65. The average Bonchev–Trinajstić information content (AvgIpc) is 2.47. The van der Waals surface area contributed by atoms with Crippen LogP contribution in [0.3, 0.4) is 0 Å². The molecule has 21 heavy (non-hydrogen) atoms. The van der Waals surface area contributed by atoms with Gasteiger partial charge in [-0.3, -0.25) is 4.79 Å². The third-order valence-electron chi connectivity index (χ3n) is 3.09. The van der Waals surface area contributed by atoms with E-state index in [2.05, 4.69) is 4.98 Å². The monoisotopic (exact) mass is 286 g/mol. The zero-order valence-corrected chi connectivity index (χ0v) is 12.1. The van der Waals surface area contributed by atoms with E-state index >= 15 is 0 Å². The Morgan fingerprint density at radius 2 is 1.90 bits per heavy atom. The van der Waals surface area contributed by atoms with Gasteiger partial charge in [0, 0.05) is 5.69 Å². The molecule has 0 bridgehead atoms. The molecule has 0 amide bonds. The van der Waals surface area contributed by atoms with Crippen LogP contribution in [-0.4, -0.2) is 18.1 Å². The van der Waals surface area contributed by atoms with Crippen molar-refractivity contribution in [2.75, 3.05) is 12.8 Å². The van der Waals surface area contributed by atoms with Crippen LogP contribution in [0.2, 0.25) is 0 Å². The molecule has 0 unspecified atom stereocenters. The number of carbonyl (C=O) groups excluding carboxylic acids is 1. The number of hydrogen-bond donors (Lipinski definition) is 1. The number of carbonyl (C=O) groups is 1.